The van der Waals surface area contributed by atoms with Crippen LogP contribution < -0.4 is 10.1 Å². The predicted molar refractivity (Wildman–Crippen MR) is 93.6 cm³/mol. The molecule has 1 aromatic heterocycles. The fourth-order valence-electron chi connectivity index (χ4n) is 2.14. The third-order valence-corrected chi connectivity index (χ3v) is 3.74. The molecule has 3 rings (SSSR count). The normalized spacial score (nSPS) is 10.2. The van der Waals surface area contributed by atoms with Crippen LogP contribution in [0.5, 0.6) is 5.75 Å². The largest absolute Gasteiger partial charge is 0.486 e. The van der Waals surface area contributed by atoms with Crippen LogP contribution in [0, 0.1) is 17.1 Å². The Labute approximate surface area is 153 Å². The minimum absolute atomic E-state index is 0.0988. The molecule has 1 heterocycles. The summed E-state index contributed by atoms with van der Waals surface area (Å²) in [6, 6.07) is 15.2. The summed E-state index contributed by atoms with van der Waals surface area (Å²) in [6.07, 6.45) is 0. The maximum Gasteiger partial charge on any atom is 0.291 e. The lowest BCUT2D eigenvalue weighted by molar-refractivity contribution is 0.0992. The molecule has 0 aliphatic heterocycles. The smallest absolute Gasteiger partial charge is 0.291 e. The van der Waals surface area contributed by atoms with E-state index in [-0.39, 0.29) is 23.2 Å². The Morgan fingerprint density at radius 3 is 2.65 bits per heavy atom. The fraction of sp³-hybridized carbons (Fsp3) is 0.0526. The molecule has 0 saturated heterocycles. The van der Waals surface area contributed by atoms with Crippen molar-refractivity contribution in [1.82, 2.24) is 0 Å². The zero-order chi connectivity index (χ0) is 18.5. The lowest BCUT2D eigenvalue weighted by Crippen LogP contribution is -2.10. The molecule has 7 heteroatoms. The first-order valence-corrected chi connectivity index (χ1v) is 7.91. The lowest BCUT2D eigenvalue weighted by Gasteiger charge is -2.05. The van der Waals surface area contributed by atoms with Crippen molar-refractivity contribution in [2.75, 3.05) is 5.32 Å². The van der Waals surface area contributed by atoms with Crippen molar-refractivity contribution in [2.45, 2.75) is 6.61 Å². The van der Waals surface area contributed by atoms with Crippen molar-refractivity contribution < 1.29 is 18.3 Å². The molecule has 130 valence electrons. The van der Waals surface area contributed by atoms with Crippen LogP contribution in [0.15, 0.2) is 59.0 Å². The second kappa shape index (κ2) is 7.72. The highest BCUT2D eigenvalue weighted by molar-refractivity contribution is 6.32. The molecule has 0 fully saturated rings. The van der Waals surface area contributed by atoms with Crippen LogP contribution in [0.4, 0.5) is 10.1 Å². The van der Waals surface area contributed by atoms with Crippen molar-refractivity contribution in [3.8, 4) is 11.8 Å². The van der Waals surface area contributed by atoms with Gasteiger partial charge in [0.2, 0.25) is 0 Å². The first-order valence-electron chi connectivity index (χ1n) is 7.53. The van der Waals surface area contributed by atoms with E-state index in [1.807, 2.05) is 6.07 Å². The van der Waals surface area contributed by atoms with Gasteiger partial charge in [-0.3, -0.25) is 4.79 Å². The number of amides is 1. The SMILES string of the molecule is N#Cc1ccc(NC(=O)c2ccc(COc3ccc(F)cc3)o2)cc1Cl. The zero-order valence-electron chi connectivity index (χ0n) is 13.3. The van der Waals surface area contributed by atoms with Gasteiger partial charge in [-0.2, -0.15) is 5.26 Å². The third-order valence-electron chi connectivity index (χ3n) is 3.43. The van der Waals surface area contributed by atoms with E-state index >= 15 is 0 Å². The van der Waals surface area contributed by atoms with E-state index in [2.05, 4.69) is 5.32 Å². The zero-order valence-corrected chi connectivity index (χ0v) is 14.1. The minimum atomic E-state index is -0.459. The summed E-state index contributed by atoms with van der Waals surface area (Å²) in [5.41, 5.74) is 0.766. The minimum Gasteiger partial charge on any atom is -0.486 e. The van der Waals surface area contributed by atoms with E-state index in [4.69, 9.17) is 26.0 Å². The number of furan rings is 1. The Balaban J connectivity index is 1.61. The summed E-state index contributed by atoms with van der Waals surface area (Å²) >= 11 is 5.94. The fourth-order valence-corrected chi connectivity index (χ4v) is 2.36. The molecule has 26 heavy (non-hydrogen) atoms. The van der Waals surface area contributed by atoms with Gasteiger partial charge in [0, 0.05) is 5.69 Å². The highest BCUT2D eigenvalue weighted by Gasteiger charge is 2.13. The average molecular weight is 371 g/mol. The van der Waals surface area contributed by atoms with Crippen LogP contribution in [0.1, 0.15) is 21.9 Å². The van der Waals surface area contributed by atoms with Crippen LogP contribution in [-0.2, 0) is 6.61 Å². The van der Waals surface area contributed by atoms with E-state index < -0.39 is 5.91 Å². The summed E-state index contributed by atoms with van der Waals surface area (Å²) < 4.78 is 23.7. The molecular formula is C19H12ClFN2O3. The van der Waals surface area contributed by atoms with Gasteiger partial charge in [0.05, 0.1) is 10.6 Å². The number of hydrogen-bond donors (Lipinski definition) is 1. The van der Waals surface area contributed by atoms with Gasteiger partial charge in [-0.05, 0) is 54.6 Å². The topological polar surface area (TPSA) is 75.3 Å². The molecule has 0 atom stereocenters. The van der Waals surface area contributed by atoms with Gasteiger partial charge >= 0.3 is 0 Å². The number of rotatable bonds is 5. The van der Waals surface area contributed by atoms with E-state index in [1.54, 1.807) is 12.1 Å². The Morgan fingerprint density at radius 1 is 1.19 bits per heavy atom. The second-order valence-corrected chi connectivity index (χ2v) is 5.68. The van der Waals surface area contributed by atoms with Crippen LogP contribution in [0.3, 0.4) is 0 Å². The quantitative estimate of drug-likeness (QED) is 0.701. The molecule has 0 radical (unpaired) electrons. The highest BCUT2D eigenvalue weighted by Crippen LogP contribution is 2.21. The standard InChI is InChI=1S/C19H12ClFN2O3/c20-17-9-14(4-1-12(17)10-22)23-19(24)18-8-7-16(26-18)11-25-15-5-2-13(21)3-6-15/h1-9H,11H2,(H,23,24). The van der Waals surface area contributed by atoms with Gasteiger partial charge < -0.3 is 14.5 Å². The van der Waals surface area contributed by atoms with Gasteiger partial charge in [0.1, 0.15) is 30.0 Å². The number of anilines is 1. The number of hydrogen-bond acceptors (Lipinski definition) is 4. The second-order valence-electron chi connectivity index (χ2n) is 5.27. The maximum atomic E-state index is 12.8. The molecule has 5 nitrogen and oxygen atoms in total. The Kier molecular flexibility index (Phi) is 5.20. The van der Waals surface area contributed by atoms with Crippen molar-refractivity contribution in [3.05, 3.63) is 82.5 Å². The molecule has 0 unspecified atom stereocenters. The molecule has 2 aromatic carbocycles. The molecule has 0 aliphatic rings. The average Bonchev–Trinajstić information content (AvgIpc) is 3.11. The number of nitrogens with zero attached hydrogens (tertiary/aromatic N) is 1. The number of nitrogens with one attached hydrogen (secondary N) is 1. The molecular weight excluding hydrogens is 359 g/mol. The van der Waals surface area contributed by atoms with E-state index in [1.165, 1.54) is 42.5 Å². The van der Waals surface area contributed by atoms with Gasteiger partial charge in [0.25, 0.3) is 5.91 Å². The Bertz CT molecular complexity index is 977. The number of carbonyl (C=O) groups is 1. The van der Waals surface area contributed by atoms with Crippen molar-refractivity contribution in [3.63, 3.8) is 0 Å². The van der Waals surface area contributed by atoms with Gasteiger partial charge in [-0.25, -0.2) is 4.39 Å². The first-order chi connectivity index (χ1) is 12.5. The molecule has 0 spiro atoms. The van der Waals surface area contributed by atoms with Crippen LogP contribution >= 0.6 is 11.6 Å². The molecule has 0 aliphatic carbocycles. The predicted octanol–water partition coefficient (Wildman–Crippen LogP) is 4.78. The number of halogens is 2. The van der Waals surface area contributed by atoms with Gasteiger partial charge in [-0.15, -0.1) is 0 Å². The first kappa shape index (κ1) is 17.5. The molecule has 0 bridgehead atoms. The summed E-state index contributed by atoms with van der Waals surface area (Å²) in [4.78, 5) is 12.2. The summed E-state index contributed by atoms with van der Waals surface area (Å²) in [5.74, 6) is 0.220. The number of ether oxygens (including phenoxy) is 1. The van der Waals surface area contributed by atoms with Crippen LogP contribution in [0.25, 0.3) is 0 Å². The highest BCUT2D eigenvalue weighted by atomic mass is 35.5. The van der Waals surface area contributed by atoms with Gasteiger partial charge in [-0.1, -0.05) is 11.6 Å². The van der Waals surface area contributed by atoms with Crippen molar-refractivity contribution in [2.24, 2.45) is 0 Å². The Morgan fingerprint density at radius 2 is 1.96 bits per heavy atom. The summed E-state index contributed by atoms with van der Waals surface area (Å²) in [6.45, 7) is 0.0988. The van der Waals surface area contributed by atoms with Crippen molar-refractivity contribution in [1.29, 1.82) is 5.26 Å². The molecule has 1 amide bonds. The van der Waals surface area contributed by atoms with E-state index in [9.17, 15) is 9.18 Å². The van der Waals surface area contributed by atoms with Crippen LogP contribution in [0.2, 0.25) is 5.02 Å². The van der Waals surface area contributed by atoms with Gasteiger partial charge in [0.15, 0.2) is 5.76 Å². The maximum absolute atomic E-state index is 12.8. The Hall–Kier alpha value is -3.30. The molecule has 0 saturated carbocycles. The lowest BCUT2D eigenvalue weighted by atomic mass is 10.2. The van der Waals surface area contributed by atoms with Crippen LogP contribution in [-0.4, -0.2) is 5.91 Å². The summed E-state index contributed by atoms with van der Waals surface area (Å²) in [7, 11) is 0. The number of carbonyl (C=O) groups excluding carboxylic acids is 1. The number of benzene rings is 2. The summed E-state index contributed by atoms with van der Waals surface area (Å²) in [5, 5.41) is 11.7. The molecule has 3 aromatic rings. The molecule has 1 N–H and O–H groups in total. The van der Waals surface area contributed by atoms with Crippen molar-refractivity contribution >= 4 is 23.2 Å². The van der Waals surface area contributed by atoms with E-state index in [0.29, 0.717) is 22.8 Å². The van der Waals surface area contributed by atoms with E-state index in [0.717, 1.165) is 0 Å². The third kappa shape index (κ3) is 4.21. The number of nitriles is 1. The monoisotopic (exact) mass is 370 g/mol.